The third-order valence-electron chi connectivity index (χ3n) is 4.82. The lowest BCUT2D eigenvalue weighted by molar-refractivity contribution is -0.137. The van der Waals surface area contributed by atoms with E-state index in [0.717, 1.165) is 28.2 Å². The number of urea groups is 1. The first-order chi connectivity index (χ1) is 14.6. The van der Waals surface area contributed by atoms with Gasteiger partial charge in [-0.05, 0) is 37.6 Å². The zero-order valence-electron chi connectivity index (χ0n) is 16.9. The number of hydrogen-bond acceptors (Lipinski definition) is 4. The summed E-state index contributed by atoms with van der Waals surface area (Å²) in [5.74, 6) is 0. The minimum Gasteiger partial charge on any atom is -0.315 e. The molecule has 0 unspecified atom stereocenters. The van der Waals surface area contributed by atoms with Crippen molar-refractivity contribution in [3.05, 3.63) is 76.5 Å². The van der Waals surface area contributed by atoms with Crippen molar-refractivity contribution < 1.29 is 22.2 Å². The molecular weight excluding hydrogens is 429 g/mol. The van der Waals surface area contributed by atoms with Crippen LogP contribution in [0.1, 0.15) is 29.7 Å². The SMILES string of the molecule is CC1=C(C#N)[C@@H](c2ccc(C)cc2)N(C)C(=O)N1c1cccc(C(F)(F)F)c1.N=S=O. The van der Waals surface area contributed by atoms with E-state index < -0.39 is 23.8 Å². The van der Waals surface area contributed by atoms with Crippen LogP contribution in [-0.4, -0.2) is 22.2 Å². The summed E-state index contributed by atoms with van der Waals surface area (Å²) in [5, 5.41) is 9.75. The fourth-order valence-electron chi connectivity index (χ4n) is 3.33. The van der Waals surface area contributed by atoms with Gasteiger partial charge in [-0.15, -0.1) is 0 Å². The van der Waals surface area contributed by atoms with Crippen molar-refractivity contribution in [1.29, 1.82) is 10.0 Å². The molecule has 2 aromatic rings. The molecule has 162 valence electrons. The van der Waals surface area contributed by atoms with Gasteiger partial charge in [0.05, 0.1) is 28.9 Å². The number of allylic oxidation sites excluding steroid dienone is 1. The number of anilines is 1. The first-order valence-electron chi connectivity index (χ1n) is 8.94. The maximum Gasteiger partial charge on any atom is 0.416 e. The van der Waals surface area contributed by atoms with Gasteiger partial charge in [0.25, 0.3) is 0 Å². The Morgan fingerprint density at radius 3 is 2.23 bits per heavy atom. The van der Waals surface area contributed by atoms with Crippen LogP contribution in [0.15, 0.2) is 59.8 Å². The van der Waals surface area contributed by atoms with Crippen LogP contribution in [0.5, 0.6) is 0 Å². The number of hydrogen-bond donors (Lipinski definition) is 1. The molecule has 31 heavy (non-hydrogen) atoms. The molecule has 6 nitrogen and oxygen atoms in total. The number of rotatable bonds is 2. The summed E-state index contributed by atoms with van der Waals surface area (Å²) in [6.07, 6.45) is -4.53. The summed E-state index contributed by atoms with van der Waals surface area (Å²) in [7, 11) is 1.54. The summed E-state index contributed by atoms with van der Waals surface area (Å²) < 4.78 is 53.3. The van der Waals surface area contributed by atoms with Gasteiger partial charge in [-0.25, -0.2) is 9.57 Å². The Labute approximate surface area is 181 Å². The van der Waals surface area contributed by atoms with Crippen molar-refractivity contribution >= 4 is 23.2 Å². The monoisotopic (exact) mass is 448 g/mol. The molecule has 0 aromatic heterocycles. The Hall–Kier alpha value is -3.45. The van der Waals surface area contributed by atoms with Crippen LogP contribution >= 0.6 is 0 Å². The Kier molecular flexibility index (Phi) is 7.36. The van der Waals surface area contributed by atoms with Crippen molar-refractivity contribution in [1.82, 2.24) is 4.90 Å². The van der Waals surface area contributed by atoms with Crippen LogP contribution in [-0.2, 0) is 17.6 Å². The van der Waals surface area contributed by atoms with Gasteiger partial charge in [0.1, 0.15) is 0 Å². The zero-order chi connectivity index (χ0) is 23.3. The third kappa shape index (κ3) is 5.00. The molecule has 2 amide bonds. The summed E-state index contributed by atoms with van der Waals surface area (Å²) in [6.45, 7) is 3.51. The van der Waals surface area contributed by atoms with Crippen molar-refractivity contribution in [2.24, 2.45) is 0 Å². The molecule has 0 saturated heterocycles. The van der Waals surface area contributed by atoms with Crippen LogP contribution < -0.4 is 4.90 Å². The van der Waals surface area contributed by atoms with Crippen molar-refractivity contribution in [2.75, 3.05) is 11.9 Å². The molecule has 0 fully saturated rings. The summed E-state index contributed by atoms with van der Waals surface area (Å²) in [4.78, 5) is 15.6. The number of nitriles is 1. The summed E-state index contributed by atoms with van der Waals surface area (Å²) in [6, 6.07) is 13.0. The lowest BCUT2D eigenvalue weighted by atomic mass is 9.93. The highest BCUT2D eigenvalue weighted by Gasteiger charge is 2.38. The summed E-state index contributed by atoms with van der Waals surface area (Å²) >= 11 is -0.250. The number of nitrogens with one attached hydrogen (secondary N) is 1. The first kappa shape index (κ1) is 23.8. The zero-order valence-corrected chi connectivity index (χ0v) is 17.7. The smallest absolute Gasteiger partial charge is 0.315 e. The standard InChI is InChI=1S/C21H18F3N3O.HNOS/c1-13-7-9-15(10-8-13)19-18(12-25)14(2)27(20(28)26(19)3)17-6-4-5-16(11-17)21(22,23)24;1-3-2/h4-11,19H,1-3H3;1H/t19-;/m1./s1. The quantitative estimate of drug-likeness (QED) is 0.668. The van der Waals surface area contributed by atoms with Gasteiger partial charge in [0.15, 0.2) is 11.5 Å². The number of carbonyl (C=O) groups is 1. The van der Waals surface area contributed by atoms with Crippen molar-refractivity contribution in [2.45, 2.75) is 26.1 Å². The van der Waals surface area contributed by atoms with E-state index >= 15 is 0 Å². The van der Waals surface area contributed by atoms with E-state index in [9.17, 15) is 23.2 Å². The maximum absolute atomic E-state index is 13.1. The highest BCUT2D eigenvalue weighted by molar-refractivity contribution is 7.53. The molecule has 1 aliphatic heterocycles. The second kappa shape index (κ2) is 9.57. The molecule has 10 heteroatoms. The Balaban J connectivity index is 0.00000107. The molecule has 0 saturated carbocycles. The van der Waals surface area contributed by atoms with E-state index in [2.05, 4.69) is 6.07 Å². The molecule has 0 bridgehead atoms. The van der Waals surface area contributed by atoms with Crippen LogP contribution in [0.2, 0.25) is 0 Å². The molecule has 0 radical (unpaired) electrons. The number of halogens is 3. The number of amides is 2. The van der Waals surface area contributed by atoms with Gasteiger partial charge in [-0.1, -0.05) is 35.9 Å². The van der Waals surface area contributed by atoms with Gasteiger partial charge in [-0.2, -0.15) is 22.6 Å². The first-order valence-corrected chi connectivity index (χ1v) is 9.68. The molecule has 0 aliphatic carbocycles. The Morgan fingerprint density at radius 2 is 1.71 bits per heavy atom. The normalized spacial score (nSPS) is 16.4. The van der Waals surface area contributed by atoms with Gasteiger partial charge < -0.3 is 4.90 Å². The fourth-order valence-corrected chi connectivity index (χ4v) is 3.33. The van der Waals surface area contributed by atoms with Gasteiger partial charge >= 0.3 is 12.2 Å². The molecule has 0 spiro atoms. The molecule has 1 atom stereocenters. The summed E-state index contributed by atoms with van der Waals surface area (Å²) in [5.41, 5.74) is 1.64. The second-order valence-corrected chi connectivity index (χ2v) is 6.95. The molecule has 1 heterocycles. The topological polar surface area (TPSA) is 88.3 Å². The number of alkyl halides is 3. The number of benzene rings is 2. The predicted octanol–water partition coefficient (Wildman–Crippen LogP) is 5.39. The molecular formula is C21H19F3N4O2S. The van der Waals surface area contributed by atoms with Crippen molar-refractivity contribution in [3.8, 4) is 6.07 Å². The number of carbonyl (C=O) groups excluding carboxylic acids is 1. The van der Waals surface area contributed by atoms with Crippen molar-refractivity contribution in [3.63, 3.8) is 0 Å². The molecule has 1 N–H and O–H groups in total. The number of aryl methyl sites for hydroxylation is 1. The van der Waals surface area contributed by atoms with E-state index in [1.165, 1.54) is 24.1 Å². The predicted molar refractivity (Wildman–Crippen MR) is 110 cm³/mol. The van der Waals surface area contributed by atoms with Crippen LogP contribution in [0.4, 0.5) is 23.7 Å². The van der Waals surface area contributed by atoms with Crippen LogP contribution in [0, 0.1) is 23.0 Å². The number of likely N-dealkylation sites (N-methyl/N-ethyl adjacent to an activating group) is 1. The van der Waals surface area contributed by atoms with Gasteiger partial charge in [0.2, 0.25) is 0 Å². The second-order valence-electron chi connectivity index (χ2n) is 6.78. The number of nitrogens with zero attached hydrogens (tertiary/aromatic N) is 3. The van der Waals surface area contributed by atoms with Crippen LogP contribution in [0.25, 0.3) is 0 Å². The van der Waals surface area contributed by atoms with E-state index in [-0.39, 0.29) is 17.2 Å². The van der Waals surface area contributed by atoms with Gasteiger partial charge in [-0.3, -0.25) is 4.90 Å². The Morgan fingerprint density at radius 1 is 1.13 bits per heavy atom. The Bertz CT molecular complexity index is 1090. The largest absolute Gasteiger partial charge is 0.416 e. The minimum atomic E-state index is -4.53. The van der Waals surface area contributed by atoms with Crippen LogP contribution in [0.3, 0.4) is 0 Å². The minimum absolute atomic E-state index is 0.0688. The van der Waals surface area contributed by atoms with E-state index in [1.807, 2.05) is 31.2 Å². The fraction of sp³-hybridized carbons (Fsp3) is 0.238. The molecule has 1 aliphatic rings. The maximum atomic E-state index is 13.1. The lowest BCUT2D eigenvalue weighted by Gasteiger charge is -2.40. The van der Waals surface area contributed by atoms with E-state index in [1.54, 1.807) is 6.92 Å². The average Bonchev–Trinajstić information content (AvgIpc) is 2.72. The average molecular weight is 448 g/mol. The molecule has 2 aromatic carbocycles. The van der Waals surface area contributed by atoms with E-state index in [0.29, 0.717) is 11.3 Å². The highest BCUT2D eigenvalue weighted by Crippen LogP contribution is 2.39. The molecule has 3 rings (SSSR count). The third-order valence-corrected chi connectivity index (χ3v) is 4.82. The van der Waals surface area contributed by atoms with E-state index in [4.69, 9.17) is 8.99 Å². The lowest BCUT2D eigenvalue weighted by Crippen LogP contribution is -2.47. The highest BCUT2D eigenvalue weighted by atomic mass is 32.1. The van der Waals surface area contributed by atoms with Gasteiger partial charge in [0, 0.05) is 12.7 Å².